The summed E-state index contributed by atoms with van der Waals surface area (Å²) in [6.07, 6.45) is 0. The summed E-state index contributed by atoms with van der Waals surface area (Å²) in [4.78, 5) is 9.14. The quantitative estimate of drug-likeness (QED) is 0.143. The zero-order valence-corrected chi connectivity index (χ0v) is 11.1. The van der Waals surface area contributed by atoms with E-state index >= 15 is 0 Å². The van der Waals surface area contributed by atoms with Crippen molar-refractivity contribution >= 4 is 39.5 Å². The Morgan fingerprint density at radius 1 is 1.31 bits per heavy atom. The molecule has 0 aromatic carbocycles. The zero-order valence-electron chi connectivity index (χ0n) is 7.87. The van der Waals surface area contributed by atoms with Gasteiger partial charge in [0, 0.05) is 20.9 Å². The number of halogens is 1. The summed E-state index contributed by atoms with van der Waals surface area (Å²) < 4.78 is -1.77. The predicted molar refractivity (Wildman–Crippen MR) is 64.1 cm³/mol. The fourth-order valence-electron chi connectivity index (χ4n) is 0.248. The van der Waals surface area contributed by atoms with Crippen LogP contribution in [0.15, 0.2) is 0 Å². The van der Waals surface area contributed by atoms with Gasteiger partial charge in [-0.1, -0.05) is 0 Å². The third-order valence-electron chi connectivity index (χ3n) is 1.06. The van der Waals surface area contributed by atoms with Gasteiger partial charge in [0.25, 0.3) is 0 Å². The molecule has 0 saturated carbocycles. The van der Waals surface area contributed by atoms with E-state index in [1.807, 2.05) is 10.8 Å². The second kappa shape index (κ2) is 11.0. The van der Waals surface area contributed by atoms with E-state index in [1.165, 1.54) is 0 Å². The van der Waals surface area contributed by atoms with E-state index < -0.39 is 22.6 Å². The Morgan fingerprint density at radius 3 is 1.81 bits per heavy atom. The first-order valence-electron chi connectivity index (χ1n) is 3.55. The van der Waals surface area contributed by atoms with Crippen LogP contribution in [-0.4, -0.2) is 37.9 Å². The van der Waals surface area contributed by atoms with E-state index in [0.29, 0.717) is 5.08 Å². The molecular weight excluding hydrogens is 322 g/mol. The fourth-order valence-corrected chi connectivity index (χ4v) is 0.905. The van der Waals surface area contributed by atoms with Crippen molar-refractivity contribution in [2.45, 2.75) is 4.45 Å². The molecule has 2 N–H and O–H groups in total. The summed E-state index contributed by atoms with van der Waals surface area (Å²) >= 11 is 4.71. The number of aliphatic hydroxyl groups excluding tert-OH is 2. The van der Waals surface area contributed by atoms with Gasteiger partial charge in [-0.3, -0.25) is 10.1 Å². The van der Waals surface area contributed by atoms with Crippen molar-refractivity contribution < 1.29 is 15.1 Å². The van der Waals surface area contributed by atoms with Crippen molar-refractivity contribution in [3.8, 4) is 10.8 Å². The topological polar surface area (TPSA) is 131 Å². The summed E-state index contributed by atoms with van der Waals surface area (Å²) in [6.45, 7) is -1.45. The van der Waals surface area contributed by atoms with Gasteiger partial charge in [-0.25, -0.2) is 0 Å². The van der Waals surface area contributed by atoms with Crippen LogP contribution in [0.2, 0.25) is 0 Å². The molecule has 10 heteroatoms. The van der Waals surface area contributed by atoms with E-state index in [9.17, 15) is 10.1 Å². The van der Waals surface area contributed by atoms with E-state index in [0.717, 1.165) is 23.5 Å². The maximum absolute atomic E-state index is 9.92. The van der Waals surface area contributed by atoms with Crippen molar-refractivity contribution in [2.24, 2.45) is 0 Å². The van der Waals surface area contributed by atoms with Crippen molar-refractivity contribution in [3.05, 3.63) is 10.1 Å². The zero-order chi connectivity index (χ0) is 13.0. The SMILES string of the molecule is N#CSCSC#N.O=[N+]([O-])C(Br)(CO)CO. The second-order valence-electron chi connectivity index (χ2n) is 2.08. The second-order valence-corrected chi connectivity index (χ2v) is 5.44. The van der Waals surface area contributed by atoms with Crippen LogP contribution in [-0.2, 0) is 0 Å². The van der Waals surface area contributed by atoms with Crippen LogP contribution in [0.5, 0.6) is 0 Å². The highest BCUT2D eigenvalue weighted by Gasteiger charge is 2.38. The van der Waals surface area contributed by atoms with E-state index in [-0.39, 0.29) is 0 Å². The molecule has 0 fully saturated rings. The van der Waals surface area contributed by atoms with Crippen LogP contribution < -0.4 is 0 Å². The van der Waals surface area contributed by atoms with Gasteiger partial charge in [0.05, 0.1) is 5.08 Å². The molecule has 0 aromatic rings. The lowest BCUT2D eigenvalue weighted by atomic mass is 10.4. The molecule has 0 amide bonds. The minimum absolute atomic E-state index is 0.549. The number of nitriles is 2. The summed E-state index contributed by atoms with van der Waals surface area (Å²) in [5, 5.41) is 46.5. The Hall–Kier alpha value is -0.520. The molecule has 0 saturated heterocycles. The molecule has 0 aliphatic carbocycles. The van der Waals surface area contributed by atoms with Crippen LogP contribution in [0.1, 0.15) is 0 Å². The maximum atomic E-state index is 9.92. The molecular formula is C6H8BrN3O4S2. The Balaban J connectivity index is 0. The van der Waals surface area contributed by atoms with Crippen LogP contribution in [0, 0.1) is 31.4 Å². The number of hydrogen-bond acceptors (Lipinski definition) is 8. The third-order valence-corrected chi connectivity index (χ3v) is 3.05. The van der Waals surface area contributed by atoms with Crippen molar-refractivity contribution in [1.29, 1.82) is 10.5 Å². The normalized spacial score (nSPS) is 9.31. The number of nitrogens with zero attached hydrogens (tertiary/aromatic N) is 3. The highest BCUT2D eigenvalue weighted by atomic mass is 79.9. The number of hydrogen-bond donors (Lipinski definition) is 2. The van der Waals surface area contributed by atoms with Crippen molar-refractivity contribution in [1.82, 2.24) is 0 Å². The summed E-state index contributed by atoms with van der Waals surface area (Å²) in [5.74, 6) is 0. The average Bonchev–Trinajstić information content (AvgIpc) is 2.29. The smallest absolute Gasteiger partial charge is 0.319 e. The molecule has 0 rings (SSSR count). The first-order valence-corrected chi connectivity index (χ1v) is 6.31. The Bertz CT molecular complexity index is 272. The lowest BCUT2D eigenvalue weighted by Gasteiger charge is -2.11. The van der Waals surface area contributed by atoms with Gasteiger partial charge < -0.3 is 10.2 Å². The summed E-state index contributed by atoms with van der Waals surface area (Å²) in [6, 6.07) is 0. The van der Waals surface area contributed by atoms with Crippen LogP contribution in [0.4, 0.5) is 0 Å². The van der Waals surface area contributed by atoms with E-state index in [4.69, 9.17) is 20.7 Å². The summed E-state index contributed by atoms with van der Waals surface area (Å²) in [7, 11) is 0. The molecule has 0 bridgehead atoms. The number of alkyl halides is 1. The van der Waals surface area contributed by atoms with Crippen molar-refractivity contribution in [3.63, 3.8) is 0 Å². The minimum Gasteiger partial charge on any atom is -0.388 e. The van der Waals surface area contributed by atoms with E-state index in [1.54, 1.807) is 0 Å². The van der Waals surface area contributed by atoms with Gasteiger partial charge in [0.1, 0.15) is 24.0 Å². The number of rotatable bonds is 5. The molecule has 0 atom stereocenters. The average molecular weight is 330 g/mol. The molecule has 7 nitrogen and oxygen atoms in total. The highest BCUT2D eigenvalue weighted by molar-refractivity contribution is 9.10. The minimum atomic E-state index is -1.77. The Labute approximate surface area is 109 Å². The van der Waals surface area contributed by atoms with Crippen LogP contribution in [0.3, 0.4) is 0 Å². The third kappa shape index (κ3) is 8.76. The van der Waals surface area contributed by atoms with Crippen LogP contribution in [0.25, 0.3) is 0 Å². The largest absolute Gasteiger partial charge is 0.388 e. The van der Waals surface area contributed by atoms with Gasteiger partial charge in [-0.05, 0) is 23.5 Å². The summed E-state index contributed by atoms with van der Waals surface area (Å²) in [5.41, 5.74) is 0. The molecule has 0 aliphatic heterocycles. The standard InChI is InChI=1S/C3H6BrNO4.C3H2N2S2/c4-3(1-6,2-7)5(8)9;4-1-6-3-7-2-5/h6-7H,1-2H2;3H2. The molecule has 90 valence electrons. The fraction of sp³-hybridized carbons (Fsp3) is 0.667. The lowest BCUT2D eigenvalue weighted by Crippen LogP contribution is -2.39. The maximum Gasteiger partial charge on any atom is 0.319 e. The van der Waals surface area contributed by atoms with Gasteiger partial charge in [-0.2, -0.15) is 10.5 Å². The van der Waals surface area contributed by atoms with Crippen molar-refractivity contribution in [2.75, 3.05) is 18.3 Å². The van der Waals surface area contributed by atoms with Gasteiger partial charge in [-0.15, -0.1) is 0 Å². The number of thiocyanates is 2. The number of thioether (sulfide) groups is 2. The molecule has 0 unspecified atom stereocenters. The highest BCUT2D eigenvalue weighted by Crippen LogP contribution is 2.15. The van der Waals surface area contributed by atoms with Gasteiger partial charge >= 0.3 is 4.45 Å². The lowest BCUT2D eigenvalue weighted by molar-refractivity contribution is -0.542. The first kappa shape index (κ1) is 17.9. The molecule has 0 aromatic heterocycles. The molecule has 0 aliphatic rings. The van der Waals surface area contributed by atoms with Gasteiger partial charge in [0.2, 0.25) is 0 Å². The Kier molecular flexibility index (Phi) is 12.3. The van der Waals surface area contributed by atoms with Gasteiger partial charge in [0.15, 0.2) is 0 Å². The number of aliphatic hydroxyl groups is 2. The van der Waals surface area contributed by atoms with E-state index in [2.05, 4.69) is 15.9 Å². The number of nitro groups is 1. The Morgan fingerprint density at radius 2 is 1.69 bits per heavy atom. The predicted octanol–water partition coefficient (Wildman–Crippen LogP) is 0.711. The molecule has 0 radical (unpaired) electrons. The molecule has 16 heavy (non-hydrogen) atoms. The van der Waals surface area contributed by atoms with Crippen LogP contribution >= 0.6 is 39.5 Å². The molecule has 0 spiro atoms. The first-order chi connectivity index (χ1) is 7.48. The molecule has 0 heterocycles. The monoisotopic (exact) mass is 329 g/mol.